The normalized spacial score (nSPS) is 17.2. The lowest BCUT2D eigenvalue weighted by Crippen LogP contribution is -2.49. The second-order valence-electron chi connectivity index (χ2n) is 5.67. The van der Waals surface area contributed by atoms with Crippen molar-refractivity contribution in [1.82, 2.24) is 19.4 Å². The third kappa shape index (κ3) is 3.94. The van der Waals surface area contributed by atoms with Gasteiger partial charge >= 0.3 is 0 Å². The van der Waals surface area contributed by atoms with Crippen LogP contribution in [0.3, 0.4) is 0 Å². The number of benzene rings is 1. The second kappa shape index (κ2) is 7.18. The Morgan fingerprint density at radius 2 is 1.96 bits per heavy atom. The van der Waals surface area contributed by atoms with Crippen LogP contribution in [-0.4, -0.2) is 60.5 Å². The molecular formula is C15H19ClN4O3S. The highest BCUT2D eigenvalue weighted by Crippen LogP contribution is 2.20. The molecule has 1 aliphatic rings. The molecule has 9 heteroatoms. The number of rotatable bonds is 5. The Labute approximate surface area is 146 Å². The van der Waals surface area contributed by atoms with Crippen molar-refractivity contribution >= 4 is 21.6 Å². The maximum absolute atomic E-state index is 12.6. The van der Waals surface area contributed by atoms with Gasteiger partial charge in [0, 0.05) is 51.1 Å². The maximum atomic E-state index is 12.6. The van der Waals surface area contributed by atoms with Gasteiger partial charge in [0.2, 0.25) is 21.8 Å². The molecule has 0 spiro atoms. The molecule has 130 valence electrons. The van der Waals surface area contributed by atoms with Crippen molar-refractivity contribution in [1.29, 1.82) is 0 Å². The van der Waals surface area contributed by atoms with Crippen LogP contribution in [0.5, 0.6) is 0 Å². The fourth-order valence-electron chi connectivity index (χ4n) is 2.66. The molecule has 0 atom stereocenters. The summed E-state index contributed by atoms with van der Waals surface area (Å²) in [5.74, 6) is 1.17. The first-order chi connectivity index (χ1) is 11.4. The molecule has 0 unspecified atom stereocenters. The molecule has 7 nitrogen and oxygen atoms in total. The van der Waals surface area contributed by atoms with Gasteiger partial charge in [0.15, 0.2) is 0 Å². The lowest BCUT2D eigenvalue weighted by Gasteiger charge is -2.33. The summed E-state index contributed by atoms with van der Waals surface area (Å²) in [6.45, 7) is 4.79. The molecule has 1 aromatic heterocycles. The Bertz CT molecular complexity index is 801. The summed E-state index contributed by atoms with van der Waals surface area (Å²) in [5.41, 5.74) is 0. The number of sulfonamides is 1. The van der Waals surface area contributed by atoms with E-state index in [0.717, 1.165) is 6.54 Å². The van der Waals surface area contributed by atoms with Crippen molar-refractivity contribution in [2.45, 2.75) is 18.2 Å². The van der Waals surface area contributed by atoms with E-state index in [2.05, 4.69) is 15.1 Å². The lowest BCUT2D eigenvalue weighted by atomic mass is 10.3. The zero-order valence-electron chi connectivity index (χ0n) is 13.4. The van der Waals surface area contributed by atoms with Gasteiger partial charge in [-0.15, -0.1) is 10.2 Å². The SMILES string of the molecule is Cc1nnc(CCN2CCN(S(=O)(=O)c3cccc(Cl)c3)CC2)o1. The molecule has 2 aromatic rings. The Morgan fingerprint density at radius 1 is 1.21 bits per heavy atom. The van der Waals surface area contributed by atoms with Gasteiger partial charge in [-0.25, -0.2) is 8.42 Å². The molecule has 0 saturated carbocycles. The zero-order chi connectivity index (χ0) is 17.2. The molecule has 0 bridgehead atoms. The van der Waals surface area contributed by atoms with Crippen molar-refractivity contribution in [2.75, 3.05) is 32.7 Å². The molecule has 0 amide bonds. The number of piperazine rings is 1. The molecule has 0 aliphatic carbocycles. The van der Waals surface area contributed by atoms with Crippen molar-refractivity contribution in [3.63, 3.8) is 0 Å². The predicted molar refractivity (Wildman–Crippen MR) is 89.4 cm³/mol. The van der Waals surface area contributed by atoms with Crippen LogP contribution in [0.1, 0.15) is 11.8 Å². The number of aryl methyl sites for hydroxylation is 1. The van der Waals surface area contributed by atoms with Gasteiger partial charge in [-0.3, -0.25) is 0 Å². The second-order valence-corrected chi connectivity index (χ2v) is 8.04. The van der Waals surface area contributed by atoms with E-state index in [1.54, 1.807) is 25.1 Å². The Hall–Kier alpha value is -1.48. The molecule has 2 heterocycles. The molecule has 1 aromatic carbocycles. The minimum absolute atomic E-state index is 0.241. The fourth-order valence-corrected chi connectivity index (χ4v) is 4.39. The van der Waals surface area contributed by atoms with Crippen molar-refractivity contribution < 1.29 is 12.8 Å². The van der Waals surface area contributed by atoms with Gasteiger partial charge in [0.05, 0.1) is 4.90 Å². The topological polar surface area (TPSA) is 79.5 Å². The summed E-state index contributed by atoms with van der Waals surface area (Å²) in [6, 6.07) is 6.38. The standard InChI is InChI=1S/C15H19ClN4O3S/c1-12-17-18-15(23-12)5-6-19-7-9-20(10-8-19)24(21,22)14-4-2-3-13(16)11-14/h2-4,11H,5-10H2,1H3. The maximum Gasteiger partial charge on any atom is 0.243 e. The van der Waals surface area contributed by atoms with E-state index < -0.39 is 10.0 Å². The van der Waals surface area contributed by atoms with Crippen LogP contribution in [0.4, 0.5) is 0 Å². The molecule has 1 aliphatic heterocycles. The summed E-state index contributed by atoms with van der Waals surface area (Å²) in [5, 5.41) is 8.19. The predicted octanol–water partition coefficient (Wildman–Crippen LogP) is 1.58. The molecule has 0 N–H and O–H groups in total. The van der Waals surface area contributed by atoms with Crippen LogP contribution >= 0.6 is 11.6 Å². The molecule has 24 heavy (non-hydrogen) atoms. The number of hydrogen-bond acceptors (Lipinski definition) is 6. The molecule has 3 rings (SSSR count). The lowest BCUT2D eigenvalue weighted by molar-refractivity contribution is 0.186. The summed E-state index contributed by atoms with van der Waals surface area (Å²) in [4.78, 5) is 2.44. The van der Waals surface area contributed by atoms with E-state index in [9.17, 15) is 8.42 Å². The quantitative estimate of drug-likeness (QED) is 0.795. The highest BCUT2D eigenvalue weighted by atomic mass is 35.5. The summed E-state index contributed by atoms with van der Waals surface area (Å²) in [7, 11) is -3.49. The third-order valence-electron chi connectivity index (χ3n) is 3.97. The zero-order valence-corrected chi connectivity index (χ0v) is 14.9. The van der Waals surface area contributed by atoms with E-state index in [4.69, 9.17) is 16.0 Å². The molecular weight excluding hydrogens is 352 g/mol. The number of halogens is 1. The number of nitrogens with zero attached hydrogens (tertiary/aromatic N) is 4. The smallest absolute Gasteiger partial charge is 0.243 e. The van der Waals surface area contributed by atoms with E-state index in [1.807, 2.05) is 0 Å². The van der Waals surface area contributed by atoms with Gasteiger partial charge in [0.25, 0.3) is 0 Å². The van der Waals surface area contributed by atoms with Gasteiger partial charge in [-0.2, -0.15) is 4.31 Å². The summed E-state index contributed by atoms with van der Waals surface area (Å²) in [6.07, 6.45) is 0.669. The average molecular weight is 371 g/mol. The van der Waals surface area contributed by atoms with Crippen LogP contribution in [-0.2, 0) is 16.4 Å². The minimum Gasteiger partial charge on any atom is -0.426 e. The van der Waals surface area contributed by atoms with Gasteiger partial charge in [0.1, 0.15) is 0 Å². The number of aromatic nitrogens is 2. The molecule has 1 fully saturated rings. The fraction of sp³-hybridized carbons (Fsp3) is 0.467. The van der Waals surface area contributed by atoms with Crippen molar-refractivity contribution in [3.8, 4) is 0 Å². The van der Waals surface area contributed by atoms with Crippen LogP contribution in [0.2, 0.25) is 5.02 Å². The first kappa shape index (κ1) is 17.3. The van der Waals surface area contributed by atoms with Crippen LogP contribution in [0.15, 0.2) is 33.6 Å². The number of hydrogen-bond donors (Lipinski definition) is 0. The largest absolute Gasteiger partial charge is 0.426 e. The third-order valence-corrected chi connectivity index (χ3v) is 6.10. The monoisotopic (exact) mass is 370 g/mol. The van der Waals surface area contributed by atoms with Crippen molar-refractivity contribution in [3.05, 3.63) is 41.1 Å². The van der Waals surface area contributed by atoms with E-state index in [-0.39, 0.29) is 4.90 Å². The average Bonchev–Trinajstić information content (AvgIpc) is 2.99. The van der Waals surface area contributed by atoms with Gasteiger partial charge in [-0.1, -0.05) is 17.7 Å². The Balaban J connectivity index is 1.56. The first-order valence-electron chi connectivity index (χ1n) is 7.72. The van der Waals surface area contributed by atoms with E-state index in [0.29, 0.717) is 49.4 Å². The van der Waals surface area contributed by atoms with Crippen LogP contribution in [0.25, 0.3) is 0 Å². The highest BCUT2D eigenvalue weighted by Gasteiger charge is 2.28. The molecule has 1 saturated heterocycles. The first-order valence-corrected chi connectivity index (χ1v) is 9.54. The van der Waals surface area contributed by atoms with E-state index >= 15 is 0 Å². The molecule has 0 radical (unpaired) electrons. The summed E-state index contributed by atoms with van der Waals surface area (Å²) < 4.78 is 32.1. The Kier molecular flexibility index (Phi) is 5.19. The van der Waals surface area contributed by atoms with Gasteiger partial charge < -0.3 is 9.32 Å². The van der Waals surface area contributed by atoms with Crippen LogP contribution < -0.4 is 0 Å². The minimum atomic E-state index is -3.49. The summed E-state index contributed by atoms with van der Waals surface area (Å²) >= 11 is 5.90. The van der Waals surface area contributed by atoms with Crippen LogP contribution in [0, 0.1) is 6.92 Å². The van der Waals surface area contributed by atoms with Crippen molar-refractivity contribution in [2.24, 2.45) is 0 Å². The van der Waals surface area contributed by atoms with Gasteiger partial charge in [-0.05, 0) is 18.2 Å². The highest BCUT2D eigenvalue weighted by molar-refractivity contribution is 7.89. The van der Waals surface area contributed by atoms with E-state index in [1.165, 1.54) is 10.4 Å². The Morgan fingerprint density at radius 3 is 2.58 bits per heavy atom.